The first-order valence-corrected chi connectivity index (χ1v) is 6.81. The highest BCUT2D eigenvalue weighted by Crippen LogP contribution is 2.26. The van der Waals surface area contributed by atoms with Crippen LogP contribution in [0.25, 0.3) is 22.4 Å². The lowest BCUT2D eigenvalue weighted by molar-refractivity contribution is 0.0599. The van der Waals surface area contributed by atoms with Crippen molar-refractivity contribution in [2.45, 2.75) is 0 Å². The number of ether oxygens (including phenoxy) is 1. The van der Waals surface area contributed by atoms with Gasteiger partial charge < -0.3 is 9.72 Å². The Bertz CT molecular complexity index is 762. The molecule has 20 heavy (non-hydrogen) atoms. The van der Waals surface area contributed by atoms with Crippen LogP contribution in [-0.2, 0) is 4.74 Å². The van der Waals surface area contributed by atoms with E-state index in [0.717, 1.165) is 22.4 Å². The minimum absolute atomic E-state index is 0.368. The van der Waals surface area contributed by atoms with Crippen molar-refractivity contribution in [3.05, 3.63) is 52.5 Å². The summed E-state index contributed by atoms with van der Waals surface area (Å²) < 4.78 is 5.40. The van der Waals surface area contributed by atoms with Crippen LogP contribution >= 0.6 is 15.9 Å². The molecule has 3 aromatic rings. The second-order valence-corrected chi connectivity index (χ2v) is 5.14. The van der Waals surface area contributed by atoms with Crippen LogP contribution in [0.3, 0.4) is 0 Å². The van der Waals surface area contributed by atoms with E-state index in [1.807, 2.05) is 36.4 Å². The molecule has 0 atom stereocenters. The molecule has 0 fully saturated rings. The lowest BCUT2D eigenvalue weighted by Crippen LogP contribution is -2.02. The number of carbonyl (C=O) groups excluding carboxylic acids is 1. The number of halogens is 1. The highest BCUT2D eigenvalue weighted by atomic mass is 79.9. The number of aromatic nitrogens is 2. The van der Waals surface area contributed by atoms with Gasteiger partial charge in [0.1, 0.15) is 5.82 Å². The summed E-state index contributed by atoms with van der Waals surface area (Å²) in [6.07, 6.45) is 0. The first-order chi connectivity index (χ1) is 9.69. The molecule has 0 bridgehead atoms. The maximum Gasteiger partial charge on any atom is 0.339 e. The van der Waals surface area contributed by atoms with E-state index in [1.54, 1.807) is 6.07 Å². The van der Waals surface area contributed by atoms with Crippen LogP contribution in [0.2, 0.25) is 0 Å². The number of esters is 1. The summed E-state index contributed by atoms with van der Waals surface area (Å²) >= 11 is 3.39. The van der Waals surface area contributed by atoms with Crippen LogP contribution in [0, 0.1) is 0 Å². The molecule has 0 radical (unpaired) electrons. The Morgan fingerprint density at radius 3 is 2.75 bits per heavy atom. The van der Waals surface area contributed by atoms with Gasteiger partial charge in [-0.3, -0.25) is 0 Å². The van der Waals surface area contributed by atoms with Gasteiger partial charge in [0.05, 0.1) is 23.7 Å². The van der Waals surface area contributed by atoms with Crippen molar-refractivity contribution in [3.8, 4) is 11.4 Å². The SMILES string of the molecule is COC(=O)c1ccc(-c2nc3ccccc3[nH]2)cc1Br. The first kappa shape index (κ1) is 12.9. The zero-order valence-electron chi connectivity index (χ0n) is 10.7. The largest absolute Gasteiger partial charge is 0.465 e. The smallest absolute Gasteiger partial charge is 0.339 e. The normalized spacial score (nSPS) is 10.7. The summed E-state index contributed by atoms with van der Waals surface area (Å²) in [5, 5.41) is 0. The molecule has 5 heteroatoms. The zero-order chi connectivity index (χ0) is 14.1. The molecule has 100 valence electrons. The van der Waals surface area contributed by atoms with E-state index in [2.05, 4.69) is 25.9 Å². The van der Waals surface area contributed by atoms with Crippen LogP contribution in [0.1, 0.15) is 10.4 Å². The predicted octanol–water partition coefficient (Wildman–Crippen LogP) is 3.78. The number of benzene rings is 2. The molecule has 0 saturated heterocycles. The number of imidazole rings is 1. The van der Waals surface area contributed by atoms with Crippen LogP contribution < -0.4 is 0 Å². The van der Waals surface area contributed by atoms with Crippen LogP contribution in [-0.4, -0.2) is 23.0 Å². The molecule has 1 heterocycles. The molecule has 0 aliphatic carbocycles. The van der Waals surface area contributed by atoms with Gasteiger partial charge in [0, 0.05) is 10.0 Å². The van der Waals surface area contributed by atoms with Crippen molar-refractivity contribution in [1.82, 2.24) is 9.97 Å². The Labute approximate surface area is 123 Å². The number of carbonyl (C=O) groups is 1. The lowest BCUT2D eigenvalue weighted by atomic mass is 10.1. The topological polar surface area (TPSA) is 55.0 Å². The zero-order valence-corrected chi connectivity index (χ0v) is 12.3. The standard InChI is InChI=1S/C15H11BrN2O2/c1-20-15(19)10-7-6-9(8-11(10)16)14-17-12-4-2-3-5-13(12)18-14/h2-8H,1H3,(H,17,18). The molecule has 3 rings (SSSR count). The number of nitrogens with zero attached hydrogens (tertiary/aromatic N) is 1. The van der Waals surface area contributed by atoms with E-state index in [4.69, 9.17) is 4.74 Å². The second kappa shape index (κ2) is 5.09. The first-order valence-electron chi connectivity index (χ1n) is 6.02. The molecule has 4 nitrogen and oxygen atoms in total. The number of aromatic amines is 1. The molecule has 0 unspecified atom stereocenters. The van der Waals surface area contributed by atoms with Gasteiger partial charge in [-0.15, -0.1) is 0 Å². The lowest BCUT2D eigenvalue weighted by Gasteiger charge is -2.04. The number of rotatable bonds is 2. The van der Waals surface area contributed by atoms with Gasteiger partial charge in [-0.1, -0.05) is 18.2 Å². The Morgan fingerprint density at radius 2 is 2.05 bits per heavy atom. The Morgan fingerprint density at radius 1 is 1.25 bits per heavy atom. The molecule has 1 aromatic heterocycles. The predicted molar refractivity (Wildman–Crippen MR) is 80.6 cm³/mol. The fraction of sp³-hybridized carbons (Fsp3) is 0.0667. The van der Waals surface area contributed by atoms with Crippen molar-refractivity contribution in [2.75, 3.05) is 7.11 Å². The average Bonchev–Trinajstić information content (AvgIpc) is 2.90. The number of hydrogen-bond donors (Lipinski definition) is 1. The third kappa shape index (κ3) is 2.20. The average molecular weight is 331 g/mol. The molecular weight excluding hydrogens is 320 g/mol. The summed E-state index contributed by atoms with van der Waals surface area (Å²) in [5.74, 6) is 0.399. The monoisotopic (exact) mass is 330 g/mol. The van der Waals surface area contributed by atoms with Crippen LogP contribution in [0.15, 0.2) is 46.9 Å². The maximum absolute atomic E-state index is 11.5. The van der Waals surface area contributed by atoms with Gasteiger partial charge in [-0.25, -0.2) is 9.78 Å². The van der Waals surface area contributed by atoms with E-state index in [1.165, 1.54) is 7.11 Å². The number of nitrogens with one attached hydrogen (secondary N) is 1. The molecule has 0 aliphatic rings. The van der Waals surface area contributed by atoms with E-state index in [0.29, 0.717) is 10.0 Å². The molecule has 0 saturated carbocycles. The Hall–Kier alpha value is -2.14. The van der Waals surface area contributed by atoms with E-state index >= 15 is 0 Å². The maximum atomic E-state index is 11.5. The third-order valence-electron chi connectivity index (χ3n) is 3.04. The van der Waals surface area contributed by atoms with Crippen molar-refractivity contribution >= 4 is 32.9 Å². The fourth-order valence-corrected chi connectivity index (χ4v) is 2.57. The van der Waals surface area contributed by atoms with Crippen molar-refractivity contribution in [3.63, 3.8) is 0 Å². The van der Waals surface area contributed by atoms with Crippen LogP contribution in [0.5, 0.6) is 0 Å². The summed E-state index contributed by atoms with van der Waals surface area (Å²) in [6, 6.07) is 13.2. The number of fused-ring (bicyclic) bond motifs is 1. The Balaban J connectivity index is 2.06. The highest BCUT2D eigenvalue weighted by molar-refractivity contribution is 9.10. The molecule has 1 N–H and O–H groups in total. The number of para-hydroxylation sites is 2. The fourth-order valence-electron chi connectivity index (χ4n) is 2.03. The number of methoxy groups -OCH3 is 1. The van der Waals surface area contributed by atoms with Crippen molar-refractivity contribution < 1.29 is 9.53 Å². The quantitative estimate of drug-likeness (QED) is 0.727. The van der Waals surface area contributed by atoms with Gasteiger partial charge in [0.25, 0.3) is 0 Å². The van der Waals surface area contributed by atoms with Gasteiger partial charge >= 0.3 is 5.97 Å². The Kier molecular flexibility index (Phi) is 3.28. The van der Waals surface area contributed by atoms with Gasteiger partial charge in [0.2, 0.25) is 0 Å². The second-order valence-electron chi connectivity index (χ2n) is 4.29. The third-order valence-corrected chi connectivity index (χ3v) is 3.69. The minimum Gasteiger partial charge on any atom is -0.465 e. The molecular formula is C15H11BrN2O2. The van der Waals surface area contributed by atoms with E-state index in [9.17, 15) is 4.79 Å². The number of hydrogen-bond acceptors (Lipinski definition) is 3. The highest BCUT2D eigenvalue weighted by Gasteiger charge is 2.12. The van der Waals surface area contributed by atoms with Crippen molar-refractivity contribution in [1.29, 1.82) is 0 Å². The summed E-state index contributed by atoms with van der Waals surface area (Å²) in [6.45, 7) is 0. The van der Waals surface area contributed by atoms with Gasteiger partial charge in [-0.05, 0) is 40.2 Å². The summed E-state index contributed by atoms with van der Waals surface area (Å²) in [5.41, 5.74) is 3.29. The summed E-state index contributed by atoms with van der Waals surface area (Å²) in [4.78, 5) is 19.3. The van der Waals surface area contributed by atoms with Crippen LogP contribution in [0.4, 0.5) is 0 Å². The molecule has 2 aromatic carbocycles. The molecule has 0 amide bonds. The molecule has 0 aliphatic heterocycles. The number of H-pyrrole nitrogens is 1. The van der Waals surface area contributed by atoms with Crippen molar-refractivity contribution in [2.24, 2.45) is 0 Å². The summed E-state index contributed by atoms with van der Waals surface area (Å²) in [7, 11) is 1.36. The van der Waals surface area contributed by atoms with E-state index in [-0.39, 0.29) is 5.97 Å². The minimum atomic E-state index is -0.368. The van der Waals surface area contributed by atoms with Gasteiger partial charge in [-0.2, -0.15) is 0 Å². The van der Waals surface area contributed by atoms with E-state index < -0.39 is 0 Å². The van der Waals surface area contributed by atoms with Gasteiger partial charge in [0.15, 0.2) is 0 Å². The molecule has 0 spiro atoms.